The average molecular weight is 177 g/mol. The molecular formula is C13H21. The number of hydrogen-bond donors (Lipinski definition) is 0. The highest BCUT2D eigenvalue weighted by Crippen LogP contribution is 2.62. The SMILES string of the molecule is C=C(C)C[C]1C2CCC(C2)C1(C)C. The van der Waals surface area contributed by atoms with Gasteiger partial charge in [-0.3, -0.25) is 0 Å². The maximum Gasteiger partial charge on any atom is -0.0111 e. The Hall–Kier alpha value is -0.260. The molecule has 0 aliphatic heterocycles. The molecule has 73 valence electrons. The van der Waals surface area contributed by atoms with Gasteiger partial charge in [0.25, 0.3) is 0 Å². The fourth-order valence-corrected chi connectivity index (χ4v) is 3.44. The van der Waals surface area contributed by atoms with Crippen LogP contribution < -0.4 is 0 Å². The molecule has 2 saturated carbocycles. The summed E-state index contributed by atoms with van der Waals surface area (Å²) < 4.78 is 0. The van der Waals surface area contributed by atoms with Crippen LogP contribution in [0.1, 0.15) is 46.5 Å². The van der Waals surface area contributed by atoms with Crippen LogP contribution in [0.15, 0.2) is 12.2 Å². The van der Waals surface area contributed by atoms with Crippen LogP contribution in [0.4, 0.5) is 0 Å². The third-order valence-corrected chi connectivity index (χ3v) is 4.27. The highest BCUT2D eigenvalue weighted by molar-refractivity contribution is 5.23. The first-order valence-corrected chi connectivity index (χ1v) is 5.52. The summed E-state index contributed by atoms with van der Waals surface area (Å²) in [5.41, 5.74) is 1.86. The van der Waals surface area contributed by atoms with E-state index in [9.17, 15) is 0 Å². The first-order valence-electron chi connectivity index (χ1n) is 5.52. The fraction of sp³-hybridized carbons (Fsp3) is 0.769. The van der Waals surface area contributed by atoms with Crippen LogP contribution in [0.3, 0.4) is 0 Å². The standard InChI is InChI=1S/C13H21/c1-9(2)7-12-10-5-6-11(8-10)13(12,3)4/h10-11H,1,5-8H2,2-4H3. The van der Waals surface area contributed by atoms with E-state index in [1.165, 1.54) is 31.3 Å². The number of rotatable bonds is 2. The van der Waals surface area contributed by atoms with E-state index in [4.69, 9.17) is 0 Å². The lowest BCUT2D eigenvalue weighted by molar-refractivity contribution is 0.241. The fourth-order valence-electron chi connectivity index (χ4n) is 3.44. The van der Waals surface area contributed by atoms with Crippen molar-refractivity contribution in [1.29, 1.82) is 0 Å². The summed E-state index contributed by atoms with van der Waals surface area (Å²) in [6.07, 6.45) is 5.58. The molecule has 2 fully saturated rings. The van der Waals surface area contributed by atoms with E-state index in [1.54, 1.807) is 5.92 Å². The van der Waals surface area contributed by atoms with Crippen molar-refractivity contribution < 1.29 is 0 Å². The van der Waals surface area contributed by atoms with Gasteiger partial charge in [0.1, 0.15) is 0 Å². The minimum atomic E-state index is 0.516. The van der Waals surface area contributed by atoms with E-state index in [0.717, 1.165) is 11.8 Å². The van der Waals surface area contributed by atoms with Gasteiger partial charge in [-0.15, -0.1) is 6.58 Å². The van der Waals surface area contributed by atoms with Crippen LogP contribution in [0.2, 0.25) is 0 Å². The molecule has 2 bridgehead atoms. The van der Waals surface area contributed by atoms with Gasteiger partial charge >= 0.3 is 0 Å². The molecule has 0 saturated heterocycles. The Balaban J connectivity index is 2.14. The predicted molar refractivity (Wildman–Crippen MR) is 57.3 cm³/mol. The summed E-state index contributed by atoms with van der Waals surface area (Å²) in [4.78, 5) is 0. The Morgan fingerprint density at radius 1 is 1.46 bits per heavy atom. The molecule has 0 amide bonds. The van der Waals surface area contributed by atoms with Crippen LogP contribution in [-0.4, -0.2) is 0 Å². The molecule has 1 radical (unpaired) electrons. The molecule has 0 N–H and O–H groups in total. The Kier molecular flexibility index (Phi) is 2.05. The van der Waals surface area contributed by atoms with Gasteiger partial charge in [0, 0.05) is 0 Å². The quantitative estimate of drug-likeness (QED) is 0.560. The van der Waals surface area contributed by atoms with Gasteiger partial charge in [0.05, 0.1) is 0 Å². The summed E-state index contributed by atoms with van der Waals surface area (Å²) in [6.45, 7) is 11.1. The Bertz CT molecular complexity index is 224. The minimum Gasteiger partial charge on any atom is -0.100 e. The zero-order valence-corrected chi connectivity index (χ0v) is 9.19. The summed E-state index contributed by atoms with van der Waals surface area (Å²) in [6, 6.07) is 0. The zero-order chi connectivity index (χ0) is 9.64. The molecule has 2 atom stereocenters. The van der Waals surface area contributed by atoms with Crippen LogP contribution in [0, 0.1) is 23.2 Å². The summed E-state index contributed by atoms with van der Waals surface area (Å²) in [7, 11) is 0. The second-order valence-electron chi connectivity index (χ2n) is 5.59. The van der Waals surface area contributed by atoms with Crippen molar-refractivity contribution in [1.82, 2.24) is 0 Å². The van der Waals surface area contributed by atoms with Crippen molar-refractivity contribution in [3.8, 4) is 0 Å². The van der Waals surface area contributed by atoms with Gasteiger partial charge in [-0.25, -0.2) is 0 Å². The number of hydrogen-bond acceptors (Lipinski definition) is 0. The molecule has 2 rings (SSSR count). The number of allylic oxidation sites excluding steroid dienone is 1. The van der Waals surface area contributed by atoms with Gasteiger partial charge in [0.15, 0.2) is 0 Å². The summed E-state index contributed by atoms with van der Waals surface area (Å²) in [5, 5.41) is 0. The molecule has 2 aliphatic carbocycles. The van der Waals surface area contributed by atoms with E-state index >= 15 is 0 Å². The van der Waals surface area contributed by atoms with Gasteiger partial charge in [-0.2, -0.15) is 0 Å². The van der Waals surface area contributed by atoms with Crippen LogP contribution in [-0.2, 0) is 0 Å². The van der Waals surface area contributed by atoms with E-state index in [0.29, 0.717) is 5.41 Å². The van der Waals surface area contributed by atoms with Crippen LogP contribution in [0.25, 0.3) is 0 Å². The van der Waals surface area contributed by atoms with Crippen molar-refractivity contribution in [2.45, 2.75) is 46.5 Å². The molecule has 0 aromatic rings. The van der Waals surface area contributed by atoms with Crippen molar-refractivity contribution in [2.75, 3.05) is 0 Å². The van der Waals surface area contributed by atoms with Gasteiger partial charge < -0.3 is 0 Å². The summed E-state index contributed by atoms with van der Waals surface area (Å²) >= 11 is 0. The second kappa shape index (κ2) is 2.87. The van der Waals surface area contributed by atoms with Gasteiger partial charge in [-0.1, -0.05) is 19.4 Å². The molecule has 0 spiro atoms. The molecule has 13 heavy (non-hydrogen) atoms. The Labute approximate surface area is 82.4 Å². The third kappa shape index (κ3) is 1.35. The molecule has 0 heteroatoms. The average Bonchev–Trinajstić information content (AvgIpc) is 2.53. The predicted octanol–water partition coefficient (Wildman–Crippen LogP) is 3.98. The molecule has 2 aliphatic rings. The molecular weight excluding hydrogens is 156 g/mol. The second-order valence-corrected chi connectivity index (χ2v) is 5.59. The molecule has 2 unspecified atom stereocenters. The maximum absolute atomic E-state index is 4.05. The topological polar surface area (TPSA) is 0 Å². The highest BCUT2D eigenvalue weighted by atomic mass is 14.6. The largest absolute Gasteiger partial charge is 0.100 e. The molecule has 0 heterocycles. The zero-order valence-electron chi connectivity index (χ0n) is 9.19. The molecule has 0 nitrogen and oxygen atoms in total. The van der Waals surface area contributed by atoms with Crippen molar-refractivity contribution >= 4 is 0 Å². The first kappa shape index (κ1) is 9.30. The lowest BCUT2D eigenvalue weighted by atomic mass is 9.67. The Morgan fingerprint density at radius 2 is 2.15 bits per heavy atom. The number of fused-ring (bicyclic) bond motifs is 2. The lowest BCUT2D eigenvalue weighted by Gasteiger charge is -2.38. The van der Waals surface area contributed by atoms with Crippen LogP contribution >= 0.6 is 0 Å². The monoisotopic (exact) mass is 177 g/mol. The van der Waals surface area contributed by atoms with Crippen molar-refractivity contribution in [3.63, 3.8) is 0 Å². The van der Waals surface area contributed by atoms with Gasteiger partial charge in [-0.05, 0) is 55.8 Å². The smallest absolute Gasteiger partial charge is 0.0111 e. The first-order chi connectivity index (χ1) is 6.01. The minimum absolute atomic E-state index is 0.516. The lowest BCUT2D eigenvalue weighted by Crippen LogP contribution is -2.28. The van der Waals surface area contributed by atoms with Crippen molar-refractivity contribution in [3.05, 3.63) is 18.1 Å². The Morgan fingerprint density at radius 3 is 2.62 bits per heavy atom. The summed E-state index contributed by atoms with van der Waals surface area (Å²) in [5.74, 6) is 3.72. The van der Waals surface area contributed by atoms with Crippen LogP contribution in [0.5, 0.6) is 0 Å². The normalized spacial score (nSPS) is 36.8. The van der Waals surface area contributed by atoms with E-state index in [2.05, 4.69) is 27.4 Å². The van der Waals surface area contributed by atoms with E-state index in [1.807, 2.05) is 0 Å². The highest BCUT2D eigenvalue weighted by Gasteiger charge is 2.52. The molecule has 0 aromatic heterocycles. The van der Waals surface area contributed by atoms with Gasteiger partial charge in [0.2, 0.25) is 0 Å². The molecule has 0 aromatic carbocycles. The van der Waals surface area contributed by atoms with Crippen molar-refractivity contribution in [2.24, 2.45) is 17.3 Å². The van der Waals surface area contributed by atoms with E-state index < -0.39 is 0 Å². The maximum atomic E-state index is 4.05. The van der Waals surface area contributed by atoms with E-state index in [-0.39, 0.29) is 0 Å². The third-order valence-electron chi connectivity index (χ3n) is 4.27.